The van der Waals surface area contributed by atoms with Crippen molar-refractivity contribution in [1.29, 1.82) is 0 Å². The van der Waals surface area contributed by atoms with Crippen molar-refractivity contribution in [1.82, 2.24) is 9.62 Å². The van der Waals surface area contributed by atoms with Crippen molar-refractivity contribution < 1.29 is 22.7 Å². The smallest absolute Gasteiger partial charge is 0.407 e. The Morgan fingerprint density at radius 2 is 2.23 bits per heavy atom. The lowest BCUT2D eigenvalue weighted by Crippen LogP contribution is -2.47. The Bertz CT molecular complexity index is 655. The van der Waals surface area contributed by atoms with E-state index in [1.807, 2.05) is 24.3 Å². The van der Waals surface area contributed by atoms with E-state index >= 15 is 0 Å². The molecule has 22 heavy (non-hydrogen) atoms. The molecule has 1 saturated heterocycles. The number of alkyl halides is 1. The van der Waals surface area contributed by atoms with Gasteiger partial charge in [0, 0.05) is 17.1 Å². The first-order valence-electron chi connectivity index (χ1n) is 6.62. The average molecular weight is 395 g/mol. The number of hydrogen-bond acceptors (Lipinski definition) is 3. The van der Waals surface area contributed by atoms with Gasteiger partial charge >= 0.3 is 6.09 Å². The molecule has 1 heterocycles. The number of likely N-dealkylation sites (tertiary alicyclic amines) is 1. The molecule has 0 spiro atoms. The van der Waals surface area contributed by atoms with Crippen molar-refractivity contribution in [3.8, 4) is 0 Å². The summed E-state index contributed by atoms with van der Waals surface area (Å²) >= 11 is 3.34. The van der Waals surface area contributed by atoms with E-state index in [2.05, 4.69) is 20.7 Å². The van der Waals surface area contributed by atoms with Crippen molar-refractivity contribution in [3.63, 3.8) is 0 Å². The average Bonchev–Trinajstić information content (AvgIpc) is 2.81. The highest BCUT2D eigenvalue weighted by molar-refractivity contribution is 9.10. The molecular weight excluding hydrogens is 379 g/mol. The minimum atomic E-state index is -4.03. The summed E-state index contributed by atoms with van der Waals surface area (Å²) in [5.74, 6) is 0. The molecule has 0 aromatic heterocycles. The maximum Gasteiger partial charge on any atom is 0.407 e. The molecule has 6 nitrogen and oxygen atoms in total. The zero-order chi connectivity index (χ0) is 16.3. The molecule has 9 heteroatoms. The molecule has 2 N–H and O–H groups in total. The van der Waals surface area contributed by atoms with Crippen LogP contribution in [0.2, 0.25) is 0 Å². The van der Waals surface area contributed by atoms with Crippen LogP contribution in [-0.4, -0.2) is 49.2 Å². The lowest BCUT2D eigenvalue weighted by atomic mass is 10.0. The molecule has 0 radical (unpaired) electrons. The van der Waals surface area contributed by atoms with E-state index in [0.29, 0.717) is 12.8 Å². The van der Waals surface area contributed by atoms with Crippen LogP contribution in [0.5, 0.6) is 0 Å². The number of nitrogens with one attached hydrogen (secondary N) is 1. The van der Waals surface area contributed by atoms with E-state index in [1.54, 1.807) is 0 Å². The van der Waals surface area contributed by atoms with E-state index < -0.39 is 34.2 Å². The molecule has 1 amide bonds. The summed E-state index contributed by atoms with van der Waals surface area (Å²) in [6.07, 6.45) is -0.433. The van der Waals surface area contributed by atoms with Gasteiger partial charge in [0.05, 0.1) is 6.04 Å². The zero-order valence-electron chi connectivity index (χ0n) is 11.6. The summed E-state index contributed by atoms with van der Waals surface area (Å²) in [4.78, 5) is 12.5. The molecule has 0 saturated carbocycles. The lowest BCUT2D eigenvalue weighted by Gasteiger charge is -2.26. The summed E-state index contributed by atoms with van der Waals surface area (Å²) < 4.78 is 38.5. The van der Waals surface area contributed by atoms with Gasteiger partial charge in [-0.3, -0.25) is 0 Å². The molecular formula is C13H16BrFN2O4S. The Kier molecular flexibility index (Phi) is 5.41. The van der Waals surface area contributed by atoms with Gasteiger partial charge in [-0.15, -0.1) is 0 Å². The second-order valence-corrected chi connectivity index (χ2v) is 7.71. The Morgan fingerprint density at radius 1 is 1.50 bits per heavy atom. The summed E-state index contributed by atoms with van der Waals surface area (Å²) in [5, 5.41) is 9.25. The van der Waals surface area contributed by atoms with Crippen LogP contribution < -0.4 is 4.72 Å². The third-order valence-corrected chi connectivity index (χ3v) is 5.04. The quantitative estimate of drug-likeness (QED) is 0.798. The molecule has 2 atom stereocenters. The fourth-order valence-electron chi connectivity index (χ4n) is 2.65. The van der Waals surface area contributed by atoms with Crippen LogP contribution in [0.1, 0.15) is 12.0 Å². The molecule has 1 fully saturated rings. The van der Waals surface area contributed by atoms with Gasteiger partial charge in [-0.2, -0.15) is 0 Å². The summed E-state index contributed by atoms with van der Waals surface area (Å²) in [5.41, 5.74) is 0.872. The van der Waals surface area contributed by atoms with Crippen LogP contribution in [0.25, 0.3) is 0 Å². The van der Waals surface area contributed by atoms with E-state index in [-0.39, 0.29) is 6.54 Å². The molecule has 122 valence electrons. The highest BCUT2D eigenvalue weighted by Gasteiger charge is 2.39. The topological polar surface area (TPSA) is 86.7 Å². The van der Waals surface area contributed by atoms with Crippen molar-refractivity contribution in [2.45, 2.75) is 24.9 Å². The Hall–Kier alpha value is -1.19. The minimum Gasteiger partial charge on any atom is -0.465 e. The SMILES string of the molecule is O=C(O)N1CCC(NS(=O)(=O)CF)C1Cc1cccc(Br)c1. The highest BCUT2D eigenvalue weighted by Crippen LogP contribution is 2.24. The number of carboxylic acid groups (broad SMARTS) is 1. The van der Waals surface area contributed by atoms with Gasteiger partial charge in [-0.1, -0.05) is 28.1 Å². The second kappa shape index (κ2) is 6.93. The molecule has 2 unspecified atom stereocenters. The van der Waals surface area contributed by atoms with Crippen LogP contribution in [0.3, 0.4) is 0 Å². The van der Waals surface area contributed by atoms with E-state index in [4.69, 9.17) is 0 Å². The Balaban J connectivity index is 2.21. The van der Waals surface area contributed by atoms with Crippen LogP contribution in [-0.2, 0) is 16.4 Å². The summed E-state index contributed by atoms with van der Waals surface area (Å²) in [6, 6.07) is 4.64. The van der Waals surface area contributed by atoms with Crippen molar-refractivity contribution >= 4 is 32.0 Å². The van der Waals surface area contributed by atoms with Crippen LogP contribution in [0.15, 0.2) is 28.7 Å². The van der Waals surface area contributed by atoms with Crippen LogP contribution in [0, 0.1) is 0 Å². The fourth-order valence-corrected chi connectivity index (χ4v) is 3.89. The van der Waals surface area contributed by atoms with Crippen LogP contribution in [0.4, 0.5) is 9.18 Å². The van der Waals surface area contributed by atoms with Crippen molar-refractivity contribution in [3.05, 3.63) is 34.3 Å². The largest absolute Gasteiger partial charge is 0.465 e. The van der Waals surface area contributed by atoms with E-state index in [1.165, 1.54) is 4.90 Å². The number of halogens is 2. The standard InChI is InChI=1S/C13H16BrFN2O4S/c14-10-3-1-2-9(6-10)7-12-11(16-22(20,21)8-15)4-5-17(12)13(18)19/h1-3,6,11-12,16H,4-5,7-8H2,(H,18,19). The highest BCUT2D eigenvalue weighted by atomic mass is 79.9. The van der Waals surface area contributed by atoms with Gasteiger partial charge in [0.1, 0.15) is 0 Å². The number of sulfonamides is 1. The molecule has 0 aliphatic carbocycles. The number of rotatable bonds is 5. The van der Waals surface area contributed by atoms with Crippen molar-refractivity contribution in [2.24, 2.45) is 0 Å². The maximum absolute atomic E-state index is 12.5. The Labute approximate surface area is 136 Å². The number of hydrogen-bond donors (Lipinski definition) is 2. The molecule has 1 aromatic rings. The summed E-state index contributed by atoms with van der Waals surface area (Å²) in [6.45, 7) is 0.216. The lowest BCUT2D eigenvalue weighted by molar-refractivity contribution is 0.137. The normalized spacial score (nSPS) is 22.0. The number of benzene rings is 1. The van der Waals surface area contributed by atoms with Gasteiger partial charge < -0.3 is 10.0 Å². The van der Waals surface area contributed by atoms with E-state index in [0.717, 1.165) is 10.0 Å². The molecule has 1 aliphatic rings. The number of carbonyl (C=O) groups is 1. The molecule has 1 aromatic carbocycles. The fraction of sp³-hybridized carbons (Fsp3) is 0.462. The summed E-state index contributed by atoms with van der Waals surface area (Å²) in [7, 11) is -4.03. The maximum atomic E-state index is 12.5. The predicted octanol–water partition coefficient (Wildman–Crippen LogP) is 1.96. The molecule has 1 aliphatic heterocycles. The minimum absolute atomic E-state index is 0.216. The third-order valence-electron chi connectivity index (χ3n) is 3.60. The number of nitrogens with zero attached hydrogens (tertiary/aromatic N) is 1. The van der Waals surface area contributed by atoms with Gasteiger partial charge in [0.2, 0.25) is 16.0 Å². The Morgan fingerprint density at radius 3 is 2.82 bits per heavy atom. The third kappa shape index (κ3) is 4.17. The monoisotopic (exact) mass is 394 g/mol. The molecule has 2 rings (SSSR count). The predicted molar refractivity (Wildman–Crippen MR) is 82.8 cm³/mol. The zero-order valence-corrected chi connectivity index (χ0v) is 14.0. The first-order chi connectivity index (χ1) is 10.3. The van der Waals surface area contributed by atoms with Gasteiger partial charge in [0.15, 0.2) is 0 Å². The van der Waals surface area contributed by atoms with Gasteiger partial charge in [-0.25, -0.2) is 22.3 Å². The molecule has 0 bridgehead atoms. The van der Waals surface area contributed by atoms with Crippen LogP contribution >= 0.6 is 15.9 Å². The van der Waals surface area contributed by atoms with Crippen molar-refractivity contribution in [2.75, 3.05) is 12.6 Å². The van der Waals surface area contributed by atoms with E-state index in [9.17, 15) is 22.7 Å². The van der Waals surface area contributed by atoms with Gasteiger partial charge in [-0.05, 0) is 30.5 Å². The first-order valence-corrected chi connectivity index (χ1v) is 9.07. The second-order valence-electron chi connectivity index (χ2n) is 5.11. The first kappa shape index (κ1) is 17.2. The van der Waals surface area contributed by atoms with Gasteiger partial charge in [0.25, 0.3) is 0 Å². The number of amides is 1.